The molecule has 0 saturated carbocycles. The van der Waals surface area contributed by atoms with Gasteiger partial charge in [-0.25, -0.2) is 0 Å². The molecule has 0 spiro atoms. The van der Waals surface area contributed by atoms with Crippen molar-refractivity contribution in [1.29, 1.82) is 0 Å². The number of benzene rings is 4. The quantitative estimate of drug-likeness (QED) is 0.134. The summed E-state index contributed by atoms with van der Waals surface area (Å²) in [6.07, 6.45) is 51.1. The second-order valence-corrected chi connectivity index (χ2v) is 27.7. The summed E-state index contributed by atoms with van der Waals surface area (Å²) in [5.74, 6) is 57.5. The number of nitrogens with zero attached hydrogens (tertiary/aromatic N) is 8. The summed E-state index contributed by atoms with van der Waals surface area (Å²) in [5, 5.41) is 0. The molecule has 120 heavy (non-hydrogen) atoms. The molecule has 5 aliphatic carbocycles. The molecule has 0 unspecified atom stereocenters. The Hall–Kier alpha value is -17.1. The van der Waals surface area contributed by atoms with E-state index < -0.39 is 0 Å². The summed E-state index contributed by atoms with van der Waals surface area (Å²) in [6.45, 7) is 0. The van der Waals surface area contributed by atoms with Crippen LogP contribution in [-0.4, -0.2) is 68.3 Å². The van der Waals surface area contributed by atoms with Gasteiger partial charge in [0, 0.05) is 144 Å². The fraction of sp³-hybridized carbons (Fsp3) is 0.0556. The van der Waals surface area contributed by atoms with Crippen LogP contribution < -0.4 is 18.9 Å². The molecule has 8 heterocycles. The molecule has 0 aliphatic heterocycles. The predicted octanol–water partition coefficient (Wildman–Crippen LogP) is 18.4. The molecule has 562 valence electrons. The first-order valence-electron chi connectivity index (χ1n) is 38.4. The highest BCUT2D eigenvalue weighted by Crippen LogP contribution is 2.50. The fourth-order valence-electron chi connectivity index (χ4n) is 14.7. The van der Waals surface area contributed by atoms with Gasteiger partial charge in [0.15, 0.2) is 0 Å². The van der Waals surface area contributed by atoms with Gasteiger partial charge in [-0.15, -0.1) is 0 Å². The Kier molecular flexibility index (Phi) is 22.4. The molecule has 0 N–H and O–H groups in total. The molecule has 8 aromatic heterocycles. The lowest BCUT2D eigenvalue weighted by atomic mass is 9.84. The third kappa shape index (κ3) is 17.1. The Bertz CT molecular complexity index is 6360. The fourth-order valence-corrected chi connectivity index (χ4v) is 14.7. The van der Waals surface area contributed by atoms with Crippen LogP contribution in [0.3, 0.4) is 0 Å². The van der Waals surface area contributed by atoms with Crippen molar-refractivity contribution in [3.63, 3.8) is 0 Å². The molecular formula is C108H66N8O4. The summed E-state index contributed by atoms with van der Waals surface area (Å²) in [5.41, 5.74) is 25.5. The first-order chi connectivity index (χ1) is 59.3. The van der Waals surface area contributed by atoms with Crippen molar-refractivity contribution in [3.05, 3.63) is 461 Å². The number of ether oxygens (including phenoxy) is 4. The van der Waals surface area contributed by atoms with Crippen molar-refractivity contribution in [2.24, 2.45) is 0 Å². The number of allylic oxidation sites excluding steroid dienone is 22. The van der Waals surface area contributed by atoms with E-state index in [0.717, 1.165) is 134 Å². The van der Waals surface area contributed by atoms with Crippen molar-refractivity contribution >= 4 is 22.3 Å². The molecule has 12 nitrogen and oxygen atoms in total. The van der Waals surface area contributed by atoms with Crippen LogP contribution in [0, 0.1) is 94.7 Å². The number of methoxy groups -OCH3 is 4. The van der Waals surface area contributed by atoms with Crippen molar-refractivity contribution in [2.45, 2.75) is 12.8 Å². The molecule has 5 aliphatic rings. The Morgan fingerprint density at radius 3 is 0.658 bits per heavy atom. The summed E-state index contributed by atoms with van der Waals surface area (Å²) >= 11 is 0. The van der Waals surface area contributed by atoms with Crippen LogP contribution in [0.5, 0.6) is 23.0 Å². The Morgan fingerprint density at radius 2 is 0.458 bits per heavy atom. The highest BCUT2D eigenvalue weighted by atomic mass is 16.5. The average molecular weight is 1540 g/mol. The van der Waals surface area contributed by atoms with Crippen molar-refractivity contribution in [3.8, 4) is 118 Å². The van der Waals surface area contributed by atoms with Crippen molar-refractivity contribution < 1.29 is 18.9 Å². The van der Waals surface area contributed by atoms with Crippen LogP contribution in [0.25, 0.3) is 22.3 Å². The number of rotatable bonds is 8. The zero-order chi connectivity index (χ0) is 81.4. The second kappa shape index (κ2) is 35.5. The first-order valence-corrected chi connectivity index (χ1v) is 38.4. The van der Waals surface area contributed by atoms with Crippen molar-refractivity contribution in [2.75, 3.05) is 28.4 Å². The number of aromatic nitrogens is 8. The van der Waals surface area contributed by atoms with Crippen LogP contribution in [-0.2, 0) is 0 Å². The number of fused-ring (bicyclic) bond motifs is 6. The summed E-state index contributed by atoms with van der Waals surface area (Å²) in [4.78, 5) is 35.4. The normalized spacial score (nSPS) is 13.0. The van der Waals surface area contributed by atoms with E-state index in [1.54, 1.807) is 128 Å². The van der Waals surface area contributed by atoms with Gasteiger partial charge in [0.2, 0.25) is 0 Å². The molecule has 0 saturated heterocycles. The smallest absolute Gasteiger partial charge is 0.150 e. The van der Waals surface area contributed by atoms with Gasteiger partial charge in [0.1, 0.15) is 23.0 Å². The monoisotopic (exact) mass is 1540 g/mol. The molecule has 0 fully saturated rings. The Labute approximate surface area is 697 Å². The second-order valence-electron chi connectivity index (χ2n) is 27.7. The molecule has 12 aromatic rings. The maximum Gasteiger partial charge on any atom is 0.150 e. The van der Waals surface area contributed by atoms with E-state index >= 15 is 0 Å². The zero-order valence-corrected chi connectivity index (χ0v) is 65.5. The predicted molar refractivity (Wildman–Crippen MR) is 470 cm³/mol. The molecule has 0 amide bonds. The minimum Gasteiger partial charge on any atom is -0.494 e. The highest BCUT2D eigenvalue weighted by molar-refractivity contribution is 6.00. The van der Waals surface area contributed by atoms with Gasteiger partial charge in [-0.1, -0.05) is 143 Å². The molecule has 0 radical (unpaired) electrons. The molecule has 0 atom stereocenters. The van der Waals surface area contributed by atoms with Gasteiger partial charge in [0.05, 0.1) is 72.9 Å². The topological polar surface area (TPSA) is 140 Å². The van der Waals surface area contributed by atoms with Crippen LogP contribution in [0.1, 0.15) is 124 Å². The van der Waals surface area contributed by atoms with Gasteiger partial charge in [-0.3, -0.25) is 39.9 Å². The van der Waals surface area contributed by atoms with Gasteiger partial charge in [-0.2, -0.15) is 0 Å². The SMILES string of the molecule is COc1c(C#Cc2cccnc2)cc(C2=C3C=CC(=C3)C(c3cc(C#Cc4cccnc4)c(OC)c(C#Cc4cccnc4)c3)=C3C=CC(=C(c4cc(C#Cc5cccnc5)c(OC)c(C#Cc5cccnc5)c4)C4=CC(=C(c5cc(C#Cc6cccnc6)c(OC)c(C#Cc6cccnc6)c5)C5=CC=C2C5)C=C4)C3)cc1C#Cc1cccnc1. The molecule has 17 rings (SSSR count). The minimum atomic E-state index is 0.431. The highest BCUT2D eigenvalue weighted by Gasteiger charge is 2.31. The molecular weight excluding hydrogens is 1470 g/mol. The number of hydrogen-bond acceptors (Lipinski definition) is 12. The molecule has 12 heteroatoms. The summed E-state index contributed by atoms with van der Waals surface area (Å²) in [6, 6.07) is 47.4. The van der Waals surface area contributed by atoms with E-state index in [1.807, 2.05) is 97.1 Å². The lowest BCUT2D eigenvalue weighted by Crippen LogP contribution is -2.01. The van der Waals surface area contributed by atoms with Gasteiger partial charge < -0.3 is 18.9 Å². The van der Waals surface area contributed by atoms with E-state index in [-0.39, 0.29) is 0 Å². The Balaban J connectivity index is 0.977. The Morgan fingerprint density at radius 1 is 0.242 bits per heavy atom. The van der Waals surface area contributed by atoms with E-state index in [4.69, 9.17) is 18.9 Å². The average Bonchev–Trinajstić information content (AvgIpc) is 1.59. The summed E-state index contributed by atoms with van der Waals surface area (Å²) < 4.78 is 25.5. The summed E-state index contributed by atoms with van der Waals surface area (Å²) in [7, 11) is 6.62. The molecule has 4 aromatic carbocycles. The third-order valence-corrected chi connectivity index (χ3v) is 20.0. The van der Waals surface area contributed by atoms with E-state index in [9.17, 15) is 0 Å². The third-order valence-electron chi connectivity index (χ3n) is 20.0. The largest absolute Gasteiger partial charge is 0.494 e. The lowest BCUT2D eigenvalue weighted by molar-refractivity contribution is 0.412. The van der Waals surface area contributed by atoms with Gasteiger partial charge in [-0.05, 0) is 260 Å². The maximum atomic E-state index is 6.39. The van der Waals surface area contributed by atoms with Crippen LogP contribution in [0.2, 0.25) is 0 Å². The zero-order valence-electron chi connectivity index (χ0n) is 65.5. The lowest BCUT2D eigenvalue weighted by Gasteiger charge is -2.20. The molecule has 8 bridgehead atoms. The van der Waals surface area contributed by atoms with E-state index in [0.29, 0.717) is 80.3 Å². The standard InChI is InChI=1S/C108H66N8O4/c1-117-105-89(29-21-73-13-5-45-109-65-73)57-97(58-90(105)30-22-74-14-6-46-110-66-74)101-81-37-39-83(53-81)102(98-59-91(31-23-75-15-7-47-111-67-75)106(118-2)92(60-98)32-24-76-16-8-48-112-68-76)85-41-43-87(55-85)104(100-63-95(35-27-79-19-11-51-115-71-79)108(120-4)96(64-100)36-28-80-20-12-52-116-72-80)88-44-42-86(56-88)103(84-40-38-82(101)54-84)99-61-93(33-25-77-17-9-49-113-69-77)107(119-3)94(62-99)34-26-78-18-10-50-114-70-78/h5-20,37-53,56-72H,54-55H2,1-4H3. The van der Waals surface area contributed by atoms with Crippen LogP contribution >= 0.6 is 0 Å². The number of pyridine rings is 8. The van der Waals surface area contributed by atoms with Gasteiger partial charge in [0.25, 0.3) is 0 Å². The van der Waals surface area contributed by atoms with Crippen LogP contribution in [0.4, 0.5) is 0 Å². The van der Waals surface area contributed by atoms with E-state index in [1.165, 1.54) is 0 Å². The minimum absolute atomic E-state index is 0.431. The maximum absolute atomic E-state index is 6.39. The van der Waals surface area contributed by atoms with E-state index in [2.05, 4.69) is 244 Å². The number of hydrogen-bond donors (Lipinski definition) is 0. The van der Waals surface area contributed by atoms with Crippen molar-refractivity contribution in [1.82, 2.24) is 39.9 Å². The van der Waals surface area contributed by atoms with Crippen LogP contribution in [0.15, 0.2) is 350 Å². The first kappa shape index (κ1) is 75.6. The van der Waals surface area contributed by atoms with Gasteiger partial charge >= 0.3 is 0 Å².